The van der Waals surface area contributed by atoms with E-state index in [4.69, 9.17) is 23.2 Å². The topological polar surface area (TPSA) is 49.4 Å². The lowest BCUT2D eigenvalue weighted by atomic mass is 10.0. The molecule has 3 rings (SSSR count). The van der Waals surface area contributed by atoms with Gasteiger partial charge >= 0.3 is 0 Å². The van der Waals surface area contributed by atoms with Crippen LogP contribution in [0, 0.1) is 0 Å². The number of fused-ring (bicyclic) bond motifs is 1. The minimum atomic E-state index is -0.640. The van der Waals surface area contributed by atoms with E-state index in [1.165, 1.54) is 0 Å². The standard InChI is InChI=1S/C27H30Cl2N2O2/c1-18(26(33)30-27(2,3)4)31(17-19-12-14-23(28)24(29)16-19)25(32)15-13-21-10-7-9-20-8-5-6-11-22(20)21/h5-12,14,16,18H,13,15,17H2,1-4H3,(H,30,33)/t18-/m0/s1. The van der Waals surface area contributed by atoms with Crippen LogP contribution in [0.1, 0.15) is 45.2 Å². The third kappa shape index (κ3) is 6.72. The van der Waals surface area contributed by atoms with Gasteiger partial charge < -0.3 is 10.2 Å². The smallest absolute Gasteiger partial charge is 0.242 e. The molecule has 0 aliphatic heterocycles. The van der Waals surface area contributed by atoms with Crippen molar-refractivity contribution >= 4 is 45.8 Å². The number of carbonyl (C=O) groups excluding carboxylic acids is 2. The van der Waals surface area contributed by atoms with Crippen molar-refractivity contribution in [1.82, 2.24) is 10.2 Å². The maximum Gasteiger partial charge on any atom is 0.242 e. The lowest BCUT2D eigenvalue weighted by molar-refractivity contribution is -0.141. The average Bonchev–Trinajstić information content (AvgIpc) is 2.76. The highest BCUT2D eigenvalue weighted by Gasteiger charge is 2.28. The zero-order chi connectivity index (χ0) is 24.2. The van der Waals surface area contributed by atoms with Gasteiger partial charge in [-0.1, -0.05) is 71.7 Å². The number of aryl methyl sites for hydroxylation is 1. The van der Waals surface area contributed by atoms with E-state index in [1.807, 2.05) is 45.0 Å². The second-order valence-electron chi connectivity index (χ2n) is 9.32. The molecule has 0 aliphatic rings. The molecular weight excluding hydrogens is 455 g/mol. The molecule has 0 unspecified atom stereocenters. The minimum absolute atomic E-state index is 0.0921. The molecule has 0 fully saturated rings. The van der Waals surface area contributed by atoms with E-state index in [1.54, 1.807) is 24.0 Å². The predicted molar refractivity (Wildman–Crippen MR) is 137 cm³/mol. The predicted octanol–water partition coefficient (Wildman–Crippen LogP) is 6.41. The summed E-state index contributed by atoms with van der Waals surface area (Å²) >= 11 is 12.2. The normalized spacial score (nSPS) is 12.4. The molecule has 0 aliphatic carbocycles. The van der Waals surface area contributed by atoms with Gasteiger partial charge in [-0.2, -0.15) is 0 Å². The number of halogens is 2. The fourth-order valence-electron chi connectivity index (χ4n) is 3.79. The Hall–Kier alpha value is -2.56. The Kier molecular flexibility index (Phi) is 8.04. The Balaban J connectivity index is 1.82. The molecule has 0 bridgehead atoms. The second kappa shape index (κ2) is 10.6. The summed E-state index contributed by atoms with van der Waals surface area (Å²) in [7, 11) is 0. The van der Waals surface area contributed by atoms with Gasteiger partial charge in [0.1, 0.15) is 6.04 Å². The van der Waals surface area contributed by atoms with E-state index >= 15 is 0 Å². The first-order valence-electron chi connectivity index (χ1n) is 11.1. The van der Waals surface area contributed by atoms with Crippen molar-refractivity contribution < 1.29 is 9.59 Å². The van der Waals surface area contributed by atoms with E-state index in [-0.39, 0.29) is 18.4 Å². The molecule has 0 heterocycles. The molecule has 3 aromatic rings. The van der Waals surface area contributed by atoms with Gasteiger partial charge in [0, 0.05) is 18.5 Å². The van der Waals surface area contributed by atoms with Crippen LogP contribution in [0.2, 0.25) is 10.0 Å². The van der Waals surface area contributed by atoms with Gasteiger partial charge in [0.25, 0.3) is 0 Å². The molecule has 3 aromatic carbocycles. The number of benzene rings is 3. The fourth-order valence-corrected chi connectivity index (χ4v) is 4.11. The van der Waals surface area contributed by atoms with Gasteiger partial charge in [-0.3, -0.25) is 9.59 Å². The second-order valence-corrected chi connectivity index (χ2v) is 10.1. The summed E-state index contributed by atoms with van der Waals surface area (Å²) in [4.78, 5) is 27.9. The first kappa shape index (κ1) is 25.1. The summed E-state index contributed by atoms with van der Waals surface area (Å²) in [6.45, 7) is 7.79. The number of nitrogens with zero attached hydrogens (tertiary/aromatic N) is 1. The highest BCUT2D eigenvalue weighted by Crippen LogP contribution is 2.25. The van der Waals surface area contributed by atoms with Gasteiger partial charge in [0.05, 0.1) is 10.0 Å². The maximum atomic E-state index is 13.4. The van der Waals surface area contributed by atoms with Crippen LogP contribution in [0.3, 0.4) is 0 Å². The molecule has 6 heteroatoms. The van der Waals surface area contributed by atoms with Crippen LogP contribution in [-0.2, 0) is 22.6 Å². The molecule has 0 radical (unpaired) electrons. The van der Waals surface area contributed by atoms with Crippen LogP contribution in [0.25, 0.3) is 10.8 Å². The van der Waals surface area contributed by atoms with Crippen molar-refractivity contribution in [3.05, 3.63) is 81.8 Å². The van der Waals surface area contributed by atoms with E-state index < -0.39 is 11.6 Å². The van der Waals surface area contributed by atoms with Crippen molar-refractivity contribution in [1.29, 1.82) is 0 Å². The number of carbonyl (C=O) groups is 2. The van der Waals surface area contributed by atoms with Crippen molar-refractivity contribution in [2.75, 3.05) is 0 Å². The third-order valence-corrected chi connectivity index (χ3v) is 6.23. The van der Waals surface area contributed by atoms with E-state index in [0.717, 1.165) is 21.9 Å². The molecule has 1 N–H and O–H groups in total. The summed E-state index contributed by atoms with van der Waals surface area (Å²) in [5.41, 5.74) is 1.54. The molecule has 33 heavy (non-hydrogen) atoms. The molecule has 2 amide bonds. The number of hydrogen-bond donors (Lipinski definition) is 1. The number of nitrogens with one attached hydrogen (secondary N) is 1. The molecule has 0 saturated heterocycles. The maximum absolute atomic E-state index is 13.4. The average molecular weight is 485 g/mol. The molecule has 1 atom stereocenters. The van der Waals surface area contributed by atoms with Gasteiger partial charge in [-0.15, -0.1) is 0 Å². The quantitative estimate of drug-likeness (QED) is 0.420. The van der Waals surface area contributed by atoms with Gasteiger partial charge in [0.15, 0.2) is 0 Å². The van der Waals surface area contributed by atoms with E-state index in [2.05, 4.69) is 29.6 Å². The first-order chi connectivity index (χ1) is 15.5. The molecule has 0 saturated carbocycles. The molecular formula is C27H30Cl2N2O2. The number of rotatable bonds is 7. The summed E-state index contributed by atoms with van der Waals surface area (Å²) in [5.74, 6) is -0.286. The van der Waals surface area contributed by atoms with E-state index in [9.17, 15) is 9.59 Å². The van der Waals surface area contributed by atoms with Gasteiger partial charge in [-0.05, 0) is 68.1 Å². The molecule has 174 valence electrons. The van der Waals surface area contributed by atoms with Crippen LogP contribution in [-0.4, -0.2) is 28.3 Å². The summed E-state index contributed by atoms with van der Waals surface area (Å²) in [5, 5.41) is 6.14. The van der Waals surface area contributed by atoms with Gasteiger partial charge in [-0.25, -0.2) is 0 Å². The third-order valence-electron chi connectivity index (χ3n) is 5.49. The lowest BCUT2D eigenvalue weighted by Gasteiger charge is -2.31. The lowest BCUT2D eigenvalue weighted by Crippen LogP contribution is -2.52. The SMILES string of the molecule is C[C@@H](C(=O)NC(C)(C)C)N(Cc1ccc(Cl)c(Cl)c1)C(=O)CCc1cccc2ccccc12. The molecule has 0 aromatic heterocycles. The van der Waals surface area contributed by atoms with Crippen LogP contribution >= 0.6 is 23.2 Å². The Bertz CT molecular complexity index is 1150. The Morgan fingerprint density at radius 2 is 1.67 bits per heavy atom. The summed E-state index contributed by atoms with van der Waals surface area (Å²) in [6, 6.07) is 18.9. The number of amides is 2. The largest absolute Gasteiger partial charge is 0.350 e. The Morgan fingerprint density at radius 1 is 0.970 bits per heavy atom. The highest BCUT2D eigenvalue weighted by molar-refractivity contribution is 6.42. The summed E-state index contributed by atoms with van der Waals surface area (Å²) < 4.78 is 0. The fraction of sp³-hybridized carbons (Fsp3) is 0.333. The van der Waals surface area contributed by atoms with Crippen LogP contribution in [0.15, 0.2) is 60.7 Å². The Morgan fingerprint density at radius 3 is 2.36 bits per heavy atom. The van der Waals surface area contributed by atoms with Crippen LogP contribution < -0.4 is 5.32 Å². The molecule has 0 spiro atoms. The van der Waals surface area contributed by atoms with Crippen molar-refractivity contribution in [2.24, 2.45) is 0 Å². The van der Waals surface area contributed by atoms with Crippen LogP contribution in [0.4, 0.5) is 0 Å². The first-order valence-corrected chi connectivity index (χ1v) is 11.8. The van der Waals surface area contributed by atoms with Crippen molar-refractivity contribution in [3.8, 4) is 0 Å². The van der Waals surface area contributed by atoms with Crippen molar-refractivity contribution in [2.45, 2.75) is 58.7 Å². The minimum Gasteiger partial charge on any atom is -0.350 e. The Labute approximate surface area is 205 Å². The monoisotopic (exact) mass is 484 g/mol. The van der Waals surface area contributed by atoms with E-state index in [0.29, 0.717) is 22.9 Å². The zero-order valence-electron chi connectivity index (χ0n) is 19.5. The molecule has 4 nitrogen and oxygen atoms in total. The summed E-state index contributed by atoms with van der Waals surface area (Å²) in [6.07, 6.45) is 0.883. The van der Waals surface area contributed by atoms with Crippen LogP contribution in [0.5, 0.6) is 0 Å². The highest BCUT2D eigenvalue weighted by atomic mass is 35.5. The van der Waals surface area contributed by atoms with Gasteiger partial charge in [0.2, 0.25) is 11.8 Å². The zero-order valence-corrected chi connectivity index (χ0v) is 21.0. The number of hydrogen-bond acceptors (Lipinski definition) is 2. The van der Waals surface area contributed by atoms with Crippen molar-refractivity contribution in [3.63, 3.8) is 0 Å².